The Labute approximate surface area is 203 Å². The van der Waals surface area contributed by atoms with Crippen LogP contribution in [0.5, 0.6) is 5.75 Å². The third-order valence-electron chi connectivity index (χ3n) is 6.35. The summed E-state index contributed by atoms with van der Waals surface area (Å²) in [6.45, 7) is 7.71. The molecule has 0 saturated carbocycles. The van der Waals surface area contributed by atoms with E-state index in [4.69, 9.17) is 4.74 Å². The van der Waals surface area contributed by atoms with E-state index in [1.165, 1.54) is 21.3 Å². The van der Waals surface area contributed by atoms with Gasteiger partial charge in [-0.05, 0) is 43.4 Å². The molecule has 9 heteroatoms. The van der Waals surface area contributed by atoms with E-state index in [-0.39, 0.29) is 34.9 Å². The van der Waals surface area contributed by atoms with Gasteiger partial charge in [0.05, 0.1) is 16.5 Å². The number of piperidine rings is 1. The average Bonchev–Trinajstić information content (AvgIpc) is 2.80. The molecule has 34 heavy (non-hydrogen) atoms. The van der Waals surface area contributed by atoms with Crippen LogP contribution in [0.15, 0.2) is 35.2 Å². The molecule has 3 rings (SSSR count). The Morgan fingerprint density at radius 1 is 1.12 bits per heavy atom. The average molecular weight is 492 g/mol. The summed E-state index contributed by atoms with van der Waals surface area (Å²) < 4.78 is 34.1. The SMILES string of the molecule is CC(=O)N1C/C=C/CN(C)C(=O)c2cc(S(=O)(=O)N3CCCCC3)ccc2OC[C@H]1CC(C)C. The lowest BCUT2D eigenvalue weighted by Crippen LogP contribution is -2.44. The van der Waals surface area contributed by atoms with Crippen molar-refractivity contribution in [2.75, 3.05) is 39.8 Å². The lowest BCUT2D eigenvalue weighted by molar-refractivity contribution is -0.131. The third kappa shape index (κ3) is 6.18. The molecule has 1 aromatic carbocycles. The minimum atomic E-state index is -3.69. The fourth-order valence-electron chi connectivity index (χ4n) is 4.48. The zero-order chi connectivity index (χ0) is 24.9. The summed E-state index contributed by atoms with van der Waals surface area (Å²) in [6, 6.07) is 4.36. The lowest BCUT2D eigenvalue weighted by Gasteiger charge is -2.32. The second-order valence-electron chi connectivity index (χ2n) is 9.55. The van der Waals surface area contributed by atoms with Crippen LogP contribution < -0.4 is 4.74 Å². The highest BCUT2D eigenvalue weighted by molar-refractivity contribution is 7.89. The van der Waals surface area contributed by atoms with Crippen LogP contribution in [-0.2, 0) is 14.8 Å². The maximum absolute atomic E-state index is 13.3. The summed E-state index contributed by atoms with van der Waals surface area (Å²) >= 11 is 0. The van der Waals surface area contributed by atoms with Crippen LogP contribution >= 0.6 is 0 Å². The molecule has 8 nitrogen and oxygen atoms in total. The van der Waals surface area contributed by atoms with Crippen LogP contribution in [0.4, 0.5) is 0 Å². The lowest BCUT2D eigenvalue weighted by atomic mass is 10.0. The number of ether oxygens (including phenoxy) is 1. The van der Waals surface area contributed by atoms with E-state index in [1.807, 2.05) is 12.2 Å². The topological polar surface area (TPSA) is 87.2 Å². The summed E-state index contributed by atoms with van der Waals surface area (Å²) in [7, 11) is -2.03. The van der Waals surface area contributed by atoms with Crippen LogP contribution in [0.2, 0.25) is 0 Å². The van der Waals surface area contributed by atoms with Gasteiger partial charge in [-0.3, -0.25) is 9.59 Å². The highest BCUT2D eigenvalue weighted by atomic mass is 32.2. The molecule has 1 fully saturated rings. The molecule has 1 atom stereocenters. The number of hydrogen-bond acceptors (Lipinski definition) is 5. The van der Waals surface area contributed by atoms with E-state index in [0.29, 0.717) is 37.8 Å². The van der Waals surface area contributed by atoms with Gasteiger partial charge in [-0.15, -0.1) is 0 Å². The van der Waals surface area contributed by atoms with Crippen molar-refractivity contribution in [3.63, 3.8) is 0 Å². The van der Waals surface area contributed by atoms with Gasteiger partial charge >= 0.3 is 0 Å². The maximum Gasteiger partial charge on any atom is 0.257 e. The molecule has 0 bridgehead atoms. The standard InChI is InChI=1S/C25H37N3O5S/c1-19(2)16-21-18-33-24-11-10-22(34(31,32)27-13-6-5-7-14-27)17-23(24)25(30)26(4)12-8-9-15-28(21)20(3)29/h8-11,17,19,21H,5-7,12-16,18H2,1-4H3/b9-8+/t21-/m1/s1. The molecule has 1 saturated heterocycles. The van der Waals surface area contributed by atoms with E-state index in [1.54, 1.807) is 24.9 Å². The van der Waals surface area contributed by atoms with Crippen LogP contribution in [0.1, 0.15) is 56.8 Å². The Bertz CT molecular complexity index is 1020. The Morgan fingerprint density at radius 2 is 1.79 bits per heavy atom. The number of carbonyl (C=O) groups is 2. The fourth-order valence-corrected chi connectivity index (χ4v) is 6.02. The van der Waals surface area contributed by atoms with Crippen LogP contribution in [0.3, 0.4) is 0 Å². The van der Waals surface area contributed by atoms with Crippen molar-refractivity contribution in [3.05, 3.63) is 35.9 Å². The van der Waals surface area contributed by atoms with Crippen molar-refractivity contribution in [1.82, 2.24) is 14.1 Å². The molecular formula is C25H37N3O5S. The van der Waals surface area contributed by atoms with Crippen LogP contribution in [-0.4, -0.2) is 80.2 Å². The summed E-state index contributed by atoms with van der Waals surface area (Å²) in [4.78, 5) is 29.1. The number of carbonyl (C=O) groups excluding carboxylic acids is 2. The minimum Gasteiger partial charge on any atom is -0.491 e. The van der Waals surface area contributed by atoms with Crippen LogP contribution in [0.25, 0.3) is 0 Å². The molecule has 0 aromatic heterocycles. The molecule has 2 aliphatic heterocycles. The third-order valence-corrected chi connectivity index (χ3v) is 8.24. The highest BCUT2D eigenvalue weighted by Gasteiger charge is 2.29. The van der Waals surface area contributed by atoms with Gasteiger partial charge in [0, 0.05) is 40.2 Å². The molecule has 188 valence electrons. The number of rotatable bonds is 4. The Balaban J connectivity index is 1.99. The first-order chi connectivity index (χ1) is 16.1. The number of fused-ring (bicyclic) bond motifs is 1. The van der Waals surface area contributed by atoms with Gasteiger partial charge in [-0.1, -0.05) is 32.4 Å². The molecule has 2 amide bonds. The van der Waals surface area contributed by atoms with Crippen molar-refractivity contribution in [2.24, 2.45) is 5.92 Å². The zero-order valence-corrected chi connectivity index (χ0v) is 21.5. The predicted molar refractivity (Wildman–Crippen MR) is 131 cm³/mol. The van der Waals surface area contributed by atoms with Crippen molar-refractivity contribution in [3.8, 4) is 5.75 Å². The number of sulfonamides is 1. The fraction of sp³-hybridized carbons (Fsp3) is 0.600. The maximum atomic E-state index is 13.3. The largest absolute Gasteiger partial charge is 0.491 e. The quantitative estimate of drug-likeness (QED) is 0.604. The smallest absolute Gasteiger partial charge is 0.257 e. The molecule has 0 spiro atoms. The van der Waals surface area contributed by atoms with Gasteiger partial charge in [0.1, 0.15) is 12.4 Å². The summed E-state index contributed by atoms with van der Waals surface area (Å²) in [6.07, 6.45) is 7.19. The van der Waals surface area contributed by atoms with Crippen LogP contribution in [0, 0.1) is 5.92 Å². The molecule has 0 radical (unpaired) electrons. The molecule has 1 aromatic rings. The van der Waals surface area contributed by atoms with E-state index >= 15 is 0 Å². The van der Waals surface area contributed by atoms with Gasteiger partial charge in [0.2, 0.25) is 15.9 Å². The Hall–Kier alpha value is -2.39. The Kier molecular flexibility index (Phi) is 8.76. The number of hydrogen-bond donors (Lipinski definition) is 0. The summed E-state index contributed by atoms with van der Waals surface area (Å²) in [5.74, 6) is 0.330. The normalized spacial score (nSPS) is 21.9. The van der Waals surface area contributed by atoms with Crippen molar-refractivity contribution in [1.29, 1.82) is 0 Å². The molecule has 0 N–H and O–H groups in total. The van der Waals surface area contributed by atoms with Crippen molar-refractivity contribution in [2.45, 2.75) is 57.4 Å². The number of amides is 2. The monoisotopic (exact) mass is 491 g/mol. The molecule has 0 unspecified atom stereocenters. The zero-order valence-electron chi connectivity index (χ0n) is 20.7. The number of benzene rings is 1. The molecular weight excluding hydrogens is 454 g/mol. The minimum absolute atomic E-state index is 0.0383. The van der Waals surface area contributed by atoms with Gasteiger partial charge in [0.15, 0.2) is 0 Å². The molecule has 2 heterocycles. The van der Waals surface area contributed by atoms with E-state index in [0.717, 1.165) is 25.7 Å². The van der Waals surface area contributed by atoms with Gasteiger partial charge in [0.25, 0.3) is 5.91 Å². The Morgan fingerprint density at radius 3 is 2.44 bits per heavy atom. The second-order valence-corrected chi connectivity index (χ2v) is 11.5. The highest BCUT2D eigenvalue weighted by Crippen LogP contribution is 2.28. The van der Waals surface area contributed by atoms with E-state index < -0.39 is 10.0 Å². The van der Waals surface area contributed by atoms with Gasteiger partial charge < -0.3 is 14.5 Å². The molecule has 0 aliphatic carbocycles. The first-order valence-electron chi connectivity index (χ1n) is 12.1. The second kappa shape index (κ2) is 11.4. The number of likely N-dealkylation sites (N-methyl/N-ethyl adjacent to an activating group) is 1. The van der Waals surface area contributed by atoms with E-state index in [9.17, 15) is 18.0 Å². The van der Waals surface area contributed by atoms with E-state index in [2.05, 4.69) is 13.8 Å². The predicted octanol–water partition coefficient (Wildman–Crippen LogP) is 3.15. The first kappa shape index (κ1) is 26.2. The van der Waals surface area contributed by atoms with Gasteiger partial charge in [-0.2, -0.15) is 4.31 Å². The summed E-state index contributed by atoms with van der Waals surface area (Å²) in [5.41, 5.74) is 0.215. The summed E-state index contributed by atoms with van der Waals surface area (Å²) in [5, 5.41) is 0. The van der Waals surface area contributed by atoms with Crippen molar-refractivity contribution >= 4 is 21.8 Å². The first-order valence-corrected chi connectivity index (χ1v) is 13.5. The number of nitrogens with zero attached hydrogens (tertiary/aromatic N) is 3. The molecule has 2 aliphatic rings. The van der Waals surface area contributed by atoms with Crippen molar-refractivity contribution < 1.29 is 22.7 Å². The van der Waals surface area contributed by atoms with Gasteiger partial charge in [-0.25, -0.2) is 8.42 Å².